The standard InChI is InChI=1S/C17H18N4O3/c1-10-19-16(24-20-10)14-8-21(7-13(14)9-22)17(23)12-2-3-15-11(6-12)4-5-18-15/h2-6,13-14,18,22H,7-9H2,1H3/t13-,14+/m0/s1. The van der Waals surface area contributed by atoms with Gasteiger partial charge in [0.1, 0.15) is 0 Å². The molecule has 0 bridgehead atoms. The van der Waals surface area contributed by atoms with E-state index in [1.165, 1.54) is 0 Å². The van der Waals surface area contributed by atoms with Crippen LogP contribution in [0.2, 0.25) is 0 Å². The van der Waals surface area contributed by atoms with Gasteiger partial charge in [-0.05, 0) is 31.2 Å². The summed E-state index contributed by atoms with van der Waals surface area (Å²) in [5.41, 5.74) is 1.64. The van der Waals surface area contributed by atoms with E-state index in [2.05, 4.69) is 15.1 Å². The zero-order valence-electron chi connectivity index (χ0n) is 13.3. The number of carbonyl (C=O) groups is 1. The summed E-state index contributed by atoms with van der Waals surface area (Å²) in [6.45, 7) is 2.68. The van der Waals surface area contributed by atoms with Crippen LogP contribution >= 0.6 is 0 Å². The minimum absolute atomic E-state index is 0.0211. The first-order valence-electron chi connectivity index (χ1n) is 7.93. The average Bonchev–Trinajstić information content (AvgIpc) is 3.31. The van der Waals surface area contributed by atoms with Crippen LogP contribution < -0.4 is 0 Å². The van der Waals surface area contributed by atoms with Gasteiger partial charge in [-0.1, -0.05) is 5.16 Å². The maximum atomic E-state index is 12.8. The first-order chi connectivity index (χ1) is 11.7. The number of rotatable bonds is 3. The quantitative estimate of drug-likeness (QED) is 0.764. The van der Waals surface area contributed by atoms with Gasteiger partial charge in [-0.3, -0.25) is 4.79 Å². The Morgan fingerprint density at radius 3 is 3.04 bits per heavy atom. The number of fused-ring (bicyclic) bond motifs is 1. The number of aliphatic hydroxyl groups is 1. The van der Waals surface area contributed by atoms with Crippen LogP contribution in [0.4, 0.5) is 0 Å². The van der Waals surface area contributed by atoms with E-state index >= 15 is 0 Å². The van der Waals surface area contributed by atoms with Crippen molar-refractivity contribution in [1.82, 2.24) is 20.0 Å². The molecule has 1 aliphatic heterocycles. The molecule has 1 aromatic carbocycles. The van der Waals surface area contributed by atoms with Crippen molar-refractivity contribution in [3.05, 3.63) is 47.7 Å². The molecular formula is C17H18N4O3. The molecule has 2 atom stereocenters. The van der Waals surface area contributed by atoms with E-state index in [0.29, 0.717) is 30.4 Å². The fraction of sp³-hybridized carbons (Fsp3) is 0.353. The van der Waals surface area contributed by atoms with E-state index < -0.39 is 0 Å². The molecule has 0 unspecified atom stereocenters. The van der Waals surface area contributed by atoms with Crippen molar-refractivity contribution in [2.75, 3.05) is 19.7 Å². The third kappa shape index (κ3) is 2.46. The summed E-state index contributed by atoms with van der Waals surface area (Å²) in [5.74, 6) is 0.781. The second kappa shape index (κ2) is 5.76. The summed E-state index contributed by atoms with van der Waals surface area (Å²) in [7, 11) is 0. The molecule has 0 spiro atoms. The van der Waals surface area contributed by atoms with E-state index in [1.807, 2.05) is 30.5 Å². The van der Waals surface area contributed by atoms with Crippen LogP contribution in [0.1, 0.15) is 28.0 Å². The number of likely N-dealkylation sites (tertiary alicyclic amines) is 1. The molecule has 2 N–H and O–H groups in total. The van der Waals surface area contributed by atoms with E-state index in [0.717, 1.165) is 10.9 Å². The van der Waals surface area contributed by atoms with Crippen molar-refractivity contribution < 1.29 is 14.4 Å². The highest BCUT2D eigenvalue weighted by molar-refractivity contribution is 5.98. The number of carbonyl (C=O) groups excluding carboxylic acids is 1. The van der Waals surface area contributed by atoms with Gasteiger partial charge in [0.2, 0.25) is 5.89 Å². The van der Waals surface area contributed by atoms with Crippen molar-refractivity contribution in [2.45, 2.75) is 12.8 Å². The maximum Gasteiger partial charge on any atom is 0.253 e. The summed E-state index contributed by atoms with van der Waals surface area (Å²) in [6, 6.07) is 7.54. The second-order valence-corrected chi connectivity index (χ2v) is 6.22. The van der Waals surface area contributed by atoms with Gasteiger partial charge in [0.25, 0.3) is 5.91 Å². The number of hydrogen-bond acceptors (Lipinski definition) is 5. The predicted molar refractivity (Wildman–Crippen MR) is 86.6 cm³/mol. The number of nitrogens with one attached hydrogen (secondary N) is 1. The van der Waals surface area contributed by atoms with E-state index in [9.17, 15) is 9.90 Å². The Bertz CT molecular complexity index is 885. The van der Waals surface area contributed by atoms with E-state index in [-0.39, 0.29) is 24.3 Å². The smallest absolute Gasteiger partial charge is 0.253 e. The molecule has 1 amide bonds. The molecule has 0 saturated carbocycles. The highest BCUT2D eigenvalue weighted by Gasteiger charge is 2.39. The second-order valence-electron chi connectivity index (χ2n) is 6.22. The summed E-state index contributed by atoms with van der Waals surface area (Å²) >= 11 is 0. The number of amides is 1. The lowest BCUT2D eigenvalue weighted by Gasteiger charge is -2.16. The summed E-state index contributed by atoms with van der Waals surface area (Å²) in [5, 5.41) is 14.5. The molecule has 3 aromatic rings. The van der Waals surface area contributed by atoms with Gasteiger partial charge in [0.15, 0.2) is 5.82 Å². The molecule has 2 aromatic heterocycles. The largest absolute Gasteiger partial charge is 0.396 e. The highest BCUT2D eigenvalue weighted by Crippen LogP contribution is 2.32. The number of aromatic amines is 1. The number of benzene rings is 1. The molecule has 1 fully saturated rings. The van der Waals surface area contributed by atoms with Gasteiger partial charge in [-0.15, -0.1) is 0 Å². The molecular weight excluding hydrogens is 308 g/mol. The number of H-pyrrole nitrogens is 1. The average molecular weight is 326 g/mol. The number of aromatic nitrogens is 3. The third-order valence-electron chi connectivity index (χ3n) is 4.62. The van der Waals surface area contributed by atoms with Gasteiger partial charge in [0, 0.05) is 48.3 Å². The van der Waals surface area contributed by atoms with Crippen LogP contribution in [0.25, 0.3) is 10.9 Å². The number of aryl methyl sites for hydroxylation is 1. The monoisotopic (exact) mass is 326 g/mol. The third-order valence-corrected chi connectivity index (χ3v) is 4.62. The van der Waals surface area contributed by atoms with Gasteiger partial charge in [0.05, 0.1) is 5.92 Å². The van der Waals surface area contributed by atoms with Crippen molar-refractivity contribution in [1.29, 1.82) is 0 Å². The lowest BCUT2D eigenvalue weighted by molar-refractivity contribution is 0.0781. The number of hydrogen-bond donors (Lipinski definition) is 2. The van der Waals surface area contributed by atoms with E-state index in [4.69, 9.17) is 4.52 Å². The number of aliphatic hydroxyl groups excluding tert-OH is 1. The summed E-state index contributed by atoms with van der Waals surface area (Å²) in [6.07, 6.45) is 1.85. The molecule has 124 valence electrons. The van der Waals surface area contributed by atoms with Gasteiger partial charge in [-0.25, -0.2) is 0 Å². The van der Waals surface area contributed by atoms with Crippen LogP contribution in [-0.4, -0.2) is 50.7 Å². The highest BCUT2D eigenvalue weighted by atomic mass is 16.5. The molecule has 24 heavy (non-hydrogen) atoms. The van der Waals surface area contributed by atoms with Gasteiger partial charge < -0.3 is 19.5 Å². The van der Waals surface area contributed by atoms with Crippen molar-refractivity contribution in [2.24, 2.45) is 5.92 Å². The minimum Gasteiger partial charge on any atom is -0.396 e. The predicted octanol–water partition coefficient (Wildman–Crippen LogP) is 1.71. The maximum absolute atomic E-state index is 12.8. The first kappa shape index (κ1) is 14.9. The van der Waals surface area contributed by atoms with Crippen LogP contribution in [0, 0.1) is 12.8 Å². The lowest BCUT2D eigenvalue weighted by Crippen LogP contribution is -2.29. The van der Waals surface area contributed by atoms with Gasteiger partial charge >= 0.3 is 0 Å². The van der Waals surface area contributed by atoms with Crippen molar-refractivity contribution in [3.8, 4) is 0 Å². The molecule has 7 nitrogen and oxygen atoms in total. The fourth-order valence-corrected chi connectivity index (χ4v) is 3.33. The Kier molecular flexibility index (Phi) is 3.57. The molecule has 7 heteroatoms. The van der Waals surface area contributed by atoms with Crippen LogP contribution in [0.5, 0.6) is 0 Å². The molecule has 1 aliphatic rings. The first-order valence-corrected chi connectivity index (χ1v) is 7.93. The Morgan fingerprint density at radius 2 is 2.29 bits per heavy atom. The van der Waals surface area contributed by atoms with Crippen molar-refractivity contribution >= 4 is 16.8 Å². The molecule has 1 saturated heterocycles. The Hall–Kier alpha value is -2.67. The summed E-state index contributed by atoms with van der Waals surface area (Å²) < 4.78 is 5.25. The normalized spacial score (nSPS) is 20.8. The van der Waals surface area contributed by atoms with Crippen LogP contribution in [-0.2, 0) is 0 Å². The van der Waals surface area contributed by atoms with Crippen molar-refractivity contribution in [3.63, 3.8) is 0 Å². The van der Waals surface area contributed by atoms with Crippen LogP contribution in [0.3, 0.4) is 0 Å². The molecule has 0 radical (unpaired) electrons. The molecule has 3 heterocycles. The molecule has 4 rings (SSSR count). The fourth-order valence-electron chi connectivity index (χ4n) is 3.33. The SMILES string of the molecule is Cc1noc([C@@H]2CN(C(=O)c3ccc4[nH]ccc4c3)C[C@H]2CO)n1. The lowest BCUT2D eigenvalue weighted by atomic mass is 9.97. The zero-order chi connectivity index (χ0) is 16.7. The summed E-state index contributed by atoms with van der Waals surface area (Å²) in [4.78, 5) is 21.9. The van der Waals surface area contributed by atoms with E-state index in [1.54, 1.807) is 11.8 Å². The Morgan fingerprint density at radius 1 is 1.42 bits per heavy atom. The molecule has 0 aliphatic carbocycles. The minimum atomic E-state index is -0.129. The van der Waals surface area contributed by atoms with Crippen LogP contribution in [0.15, 0.2) is 35.0 Å². The topological polar surface area (TPSA) is 95.2 Å². The Labute approximate surface area is 138 Å². The zero-order valence-corrected chi connectivity index (χ0v) is 13.3. The number of nitrogens with zero attached hydrogens (tertiary/aromatic N) is 3. The van der Waals surface area contributed by atoms with Gasteiger partial charge in [-0.2, -0.15) is 4.98 Å². The Balaban J connectivity index is 1.58.